The van der Waals surface area contributed by atoms with Crippen LogP contribution < -0.4 is 4.72 Å². The molecule has 0 spiro atoms. The Morgan fingerprint density at radius 2 is 2.35 bits per heavy atom. The number of aryl methyl sites for hydroxylation is 1. The minimum atomic E-state index is -3.50. The Labute approximate surface area is 111 Å². The monoisotopic (exact) mass is 335 g/mol. The highest BCUT2D eigenvalue weighted by Crippen LogP contribution is 2.23. The van der Waals surface area contributed by atoms with Crippen LogP contribution in [0.5, 0.6) is 0 Å². The van der Waals surface area contributed by atoms with E-state index in [0.29, 0.717) is 5.69 Å². The van der Waals surface area contributed by atoms with Crippen LogP contribution in [-0.4, -0.2) is 18.6 Å². The summed E-state index contributed by atoms with van der Waals surface area (Å²) in [4.78, 5) is 1.12. The first-order valence-electron chi connectivity index (χ1n) is 4.72. The van der Waals surface area contributed by atoms with E-state index in [-0.39, 0.29) is 11.4 Å². The van der Waals surface area contributed by atoms with Gasteiger partial charge in [0, 0.05) is 15.9 Å². The molecule has 2 N–H and O–H groups in total. The highest BCUT2D eigenvalue weighted by atomic mass is 79.9. The van der Waals surface area contributed by atoms with Gasteiger partial charge < -0.3 is 0 Å². The number of thiophene rings is 1. The van der Waals surface area contributed by atoms with Gasteiger partial charge >= 0.3 is 0 Å². The standard InChI is InChI=1S/C9H10BrN3O2S2/c1-6-9(5-11-13-6)17(14,15)12-4-8-7(10)2-3-16-8/h2-3,5,12H,4H2,1H3,(H,11,13). The molecule has 0 atom stereocenters. The number of aromatic nitrogens is 2. The number of halogens is 1. The molecule has 0 amide bonds. The molecule has 2 rings (SSSR count). The third-order valence-electron chi connectivity index (χ3n) is 2.19. The second kappa shape index (κ2) is 4.89. The lowest BCUT2D eigenvalue weighted by molar-refractivity contribution is 0.581. The fraction of sp³-hybridized carbons (Fsp3) is 0.222. The first-order valence-corrected chi connectivity index (χ1v) is 7.88. The maximum absolute atomic E-state index is 11.9. The van der Waals surface area contributed by atoms with Gasteiger partial charge in [0.25, 0.3) is 0 Å². The Balaban J connectivity index is 2.15. The van der Waals surface area contributed by atoms with E-state index in [1.807, 2.05) is 11.4 Å². The molecule has 92 valence electrons. The molecule has 0 saturated carbocycles. The zero-order valence-corrected chi connectivity index (χ0v) is 12.1. The third-order valence-corrected chi connectivity index (χ3v) is 5.63. The summed E-state index contributed by atoms with van der Waals surface area (Å²) in [6.07, 6.45) is 1.31. The zero-order valence-electron chi connectivity index (χ0n) is 8.90. The van der Waals surface area contributed by atoms with Gasteiger partial charge in [-0.3, -0.25) is 5.10 Å². The van der Waals surface area contributed by atoms with E-state index >= 15 is 0 Å². The maximum Gasteiger partial charge on any atom is 0.244 e. The van der Waals surface area contributed by atoms with Crippen LogP contribution in [0.1, 0.15) is 10.6 Å². The fourth-order valence-corrected chi connectivity index (χ4v) is 3.95. The topological polar surface area (TPSA) is 74.8 Å². The van der Waals surface area contributed by atoms with E-state index in [0.717, 1.165) is 9.35 Å². The molecule has 8 heteroatoms. The largest absolute Gasteiger partial charge is 0.281 e. The van der Waals surface area contributed by atoms with Crippen molar-refractivity contribution in [2.45, 2.75) is 18.4 Å². The maximum atomic E-state index is 11.9. The van der Waals surface area contributed by atoms with Gasteiger partial charge in [0.05, 0.1) is 11.9 Å². The molecule has 2 aromatic heterocycles. The number of hydrogen-bond acceptors (Lipinski definition) is 4. The van der Waals surface area contributed by atoms with Crippen LogP contribution in [0.2, 0.25) is 0 Å². The average molecular weight is 336 g/mol. The van der Waals surface area contributed by atoms with Gasteiger partial charge in [-0.05, 0) is 34.3 Å². The summed E-state index contributed by atoms with van der Waals surface area (Å²) in [5.41, 5.74) is 0.530. The number of nitrogens with zero attached hydrogens (tertiary/aromatic N) is 1. The molecule has 5 nitrogen and oxygen atoms in total. The Morgan fingerprint density at radius 1 is 1.59 bits per heavy atom. The normalized spacial score (nSPS) is 11.9. The molecule has 0 unspecified atom stereocenters. The third kappa shape index (κ3) is 2.76. The van der Waals surface area contributed by atoms with Crippen LogP contribution in [0.25, 0.3) is 0 Å². The van der Waals surface area contributed by atoms with E-state index in [1.165, 1.54) is 17.5 Å². The Bertz CT molecular complexity index is 618. The molecule has 0 aromatic carbocycles. The lowest BCUT2D eigenvalue weighted by atomic mass is 10.5. The number of rotatable bonds is 4. The summed E-state index contributed by atoms with van der Waals surface area (Å²) in [6.45, 7) is 1.94. The molecule has 0 aliphatic carbocycles. The van der Waals surface area contributed by atoms with Gasteiger partial charge in [0.15, 0.2) is 0 Å². The quantitative estimate of drug-likeness (QED) is 0.897. The molecule has 0 aliphatic rings. The molecule has 17 heavy (non-hydrogen) atoms. The summed E-state index contributed by atoms with van der Waals surface area (Å²) in [7, 11) is -3.50. The van der Waals surface area contributed by atoms with Crippen molar-refractivity contribution < 1.29 is 8.42 Å². The number of nitrogens with one attached hydrogen (secondary N) is 2. The summed E-state index contributed by atoms with van der Waals surface area (Å²) < 4.78 is 27.3. The van der Waals surface area contributed by atoms with Crippen molar-refractivity contribution in [3.05, 3.63) is 32.7 Å². The zero-order chi connectivity index (χ0) is 12.5. The first-order chi connectivity index (χ1) is 8.00. The summed E-state index contributed by atoms with van der Waals surface area (Å²) in [5, 5.41) is 8.20. The molecule has 0 bridgehead atoms. The van der Waals surface area contributed by atoms with Crippen molar-refractivity contribution >= 4 is 37.3 Å². The number of sulfonamides is 1. The minimum absolute atomic E-state index is 0.185. The van der Waals surface area contributed by atoms with Crippen LogP contribution >= 0.6 is 27.3 Å². The highest BCUT2D eigenvalue weighted by Gasteiger charge is 2.18. The van der Waals surface area contributed by atoms with Gasteiger partial charge in [-0.25, -0.2) is 13.1 Å². The van der Waals surface area contributed by atoms with E-state index in [2.05, 4.69) is 30.8 Å². The predicted octanol–water partition coefficient (Wildman–Crippen LogP) is 2.02. The minimum Gasteiger partial charge on any atom is -0.281 e. The summed E-state index contributed by atoms with van der Waals surface area (Å²) in [6, 6.07) is 1.89. The van der Waals surface area contributed by atoms with Crippen LogP contribution in [0.15, 0.2) is 27.0 Å². The molecule has 2 heterocycles. The van der Waals surface area contributed by atoms with Crippen molar-refractivity contribution in [1.29, 1.82) is 0 Å². The van der Waals surface area contributed by atoms with E-state index in [1.54, 1.807) is 6.92 Å². The van der Waals surface area contributed by atoms with Gasteiger partial charge in [-0.2, -0.15) is 5.10 Å². The Hall–Kier alpha value is -0.700. The fourth-order valence-electron chi connectivity index (χ4n) is 1.30. The smallest absolute Gasteiger partial charge is 0.244 e. The SMILES string of the molecule is Cc1[nH]ncc1S(=O)(=O)NCc1sccc1Br. The van der Waals surface area contributed by atoms with Crippen molar-refractivity contribution in [3.63, 3.8) is 0 Å². The van der Waals surface area contributed by atoms with E-state index < -0.39 is 10.0 Å². The first kappa shape index (κ1) is 12.7. The van der Waals surface area contributed by atoms with Gasteiger partial charge in [0.2, 0.25) is 10.0 Å². The molecule has 0 saturated heterocycles. The van der Waals surface area contributed by atoms with Crippen LogP contribution in [0.3, 0.4) is 0 Å². The van der Waals surface area contributed by atoms with Gasteiger partial charge in [-0.1, -0.05) is 0 Å². The molecule has 0 aliphatic heterocycles. The van der Waals surface area contributed by atoms with Gasteiger partial charge in [0.1, 0.15) is 4.90 Å². The van der Waals surface area contributed by atoms with Crippen LogP contribution in [0, 0.1) is 6.92 Å². The molecular formula is C9H10BrN3O2S2. The second-order valence-corrected chi connectivity index (χ2v) is 6.97. The number of hydrogen-bond donors (Lipinski definition) is 2. The predicted molar refractivity (Wildman–Crippen MR) is 69.4 cm³/mol. The van der Waals surface area contributed by atoms with E-state index in [4.69, 9.17) is 0 Å². The number of aromatic amines is 1. The second-order valence-electron chi connectivity index (χ2n) is 3.38. The van der Waals surface area contributed by atoms with Crippen molar-refractivity contribution in [2.24, 2.45) is 0 Å². The van der Waals surface area contributed by atoms with Crippen molar-refractivity contribution in [2.75, 3.05) is 0 Å². The van der Waals surface area contributed by atoms with Crippen LogP contribution in [-0.2, 0) is 16.6 Å². The van der Waals surface area contributed by atoms with Crippen molar-refractivity contribution in [3.8, 4) is 0 Å². The number of H-pyrrole nitrogens is 1. The Morgan fingerprint density at radius 3 is 2.88 bits per heavy atom. The molecule has 0 radical (unpaired) electrons. The summed E-state index contributed by atoms with van der Waals surface area (Å²) >= 11 is 4.85. The lowest BCUT2D eigenvalue weighted by Crippen LogP contribution is -2.23. The van der Waals surface area contributed by atoms with E-state index in [9.17, 15) is 8.42 Å². The molecule has 0 fully saturated rings. The average Bonchev–Trinajstić information content (AvgIpc) is 2.85. The van der Waals surface area contributed by atoms with Gasteiger partial charge in [-0.15, -0.1) is 11.3 Å². The molecule has 2 aromatic rings. The Kier molecular flexibility index (Phi) is 3.67. The van der Waals surface area contributed by atoms with Crippen LogP contribution in [0.4, 0.5) is 0 Å². The summed E-state index contributed by atoms with van der Waals surface area (Å²) in [5.74, 6) is 0. The molecular weight excluding hydrogens is 326 g/mol. The highest BCUT2D eigenvalue weighted by molar-refractivity contribution is 9.10. The lowest BCUT2D eigenvalue weighted by Gasteiger charge is -2.04. The van der Waals surface area contributed by atoms with Crippen molar-refractivity contribution in [1.82, 2.24) is 14.9 Å².